The van der Waals surface area contributed by atoms with Crippen LogP contribution < -0.4 is 11.1 Å². The van der Waals surface area contributed by atoms with Crippen molar-refractivity contribution in [2.24, 2.45) is 17.6 Å². The van der Waals surface area contributed by atoms with Gasteiger partial charge in [-0.1, -0.05) is 32.6 Å². The van der Waals surface area contributed by atoms with Crippen molar-refractivity contribution >= 4 is 5.91 Å². The van der Waals surface area contributed by atoms with E-state index in [-0.39, 0.29) is 11.8 Å². The van der Waals surface area contributed by atoms with Crippen LogP contribution in [0.3, 0.4) is 0 Å². The maximum atomic E-state index is 11.7. The van der Waals surface area contributed by atoms with Crippen LogP contribution in [0.25, 0.3) is 0 Å². The highest BCUT2D eigenvalue weighted by molar-refractivity contribution is 5.78. The maximum absolute atomic E-state index is 11.7. The first-order valence-electron chi connectivity index (χ1n) is 6.71. The molecule has 1 saturated carbocycles. The molecule has 0 bridgehead atoms. The van der Waals surface area contributed by atoms with Crippen LogP contribution in [0.4, 0.5) is 0 Å². The Morgan fingerprint density at radius 1 is 1.44 bits per heavy atom. The Hall–Kier alpha value is -0.570. The molecule has 0 aromatic carbocycles. The predicted molar refractivity (Wildman–Crippen MR) is 67.0 cm³/mol. The van der Waals surface area contributed by atoms with E-state index in [2.05, 4.69) is 5.32 Å². The summed E-state index contributed by atoms with van der Waals surface area (Å²) in [6.45, 7) is 3.52. The summed E-state index contributed by atoms with van der Waals surface area (Å²) in [5.41, 5.74) is 5.43. The maximum Gasteiger partial charge on any atom is 0.222 e. The van der Waals surface area contributed by atoms with Crippen molar-refractivity contribution in [3.8, 4) is 0 Å². The predicted octanol–water partition coefficient (Wildman–Crippen LogP) is 2.06. The summed E-state index contributed by atoms with van der Waals surface area (Å²) in [6.07, 6.45) is 8.49. The van der Waals surface area contributed by atoms with Crippen LogP contribution in [0.5, 0.6) is 0 Å². The van der Waals surface area contributed by atoms with Crippen LogP contribution in [0.1, 0.15) is 51.9 Å². The second-order valence-corrected chi connectivity index (χ2v) is 5.06. The van der Waals surface area contributed by atoms with Gasteiger partial charge in [0.15, 0.2) is 0 Å². The molecule has 0 heterocycles. The summed E-state index contributed by atoms with van der Waals surface area (Å²) in [6, 6.07) is 0. The zero-order valence-electron chi connectivity index (χ0n) is 10.5. The van der Waals surface area contributed by atoms with Crippen molar-refractivity contribution in [1.82, 2.24) is 5.32 Å². The minimum absolute atomic E-state index is 0.118. The molecule has 3 N–H and O–H groups in total. The van der Waals surface area contributed by atoms with Gasteiger partial charge in [-0.3, -0.25) is 4.79 Å². The second kappa shape index (κ2) is 7.66. The highest BCUT2D eigenvalue weighted by Crippen LogP contribution is 2.26. The molecule has 1 aliphatic carbocycles. The van der Waals surface area contributed by atoms with Gasteiger partial charge in [-0.15, -0.1) is 0 Å². The number of carbonyl (C=O) groups is 1. The smallest absolute Gasteiger partial charge is 0.222 e. The van der Waals surface area contributed by atoms with Gasteiger partial charge >= 0.3 is 0 Å². The van der Waals surface area contributed by atoms with Crippen LogP contribution in [0, 0.1) is 11.8 Å². The molecular formula is C13H26N2O. The van der Waals surface area contributed by atoms with Crippen molar-refractivity contribution in [3.05, 3.63) is 0 Å². The highest BCUT2D eigenvalue weighted by atomic mass is 16.1. The molecule has 0 aliphatic heterocycles. The van der Waals surface area contributed by atoms with E-state index >= 15 is 0 Å². The SMILES string of the molecule is CC(CCCN)C(=O)NCCC1CCCC1. The fourth-order valence-corrected chi connectivity index (χ4v) is 2.43. The first-order chi connectivity index (χ1) is 7.74. The summed E-state index contributed by atoms with van der Waals surface area (Å²) in [7, 11) is 0. The Morgan fingerprint density at radius 2 is 2.12 bits per heavy atom. The minimum Gasteiger partial charge on any atom is -0.356 e. The number of carbonyl (C=O) groups excluding carboxylic acids is 1. The summed E-state index contributed by atoms with van der Waals surface area (Å²) in [5.74, 6) is 1.18. The van der Waals surface area contributed by atoms with Gasteiger partial charge < -0.3 is 11.1 Å². The van der Waals surface area contributed by atoms with Gasteiger partial charge in [0.1, 0.15) is 0 Å². The average molecular weight is 226 g/mol. The molecular weight excluding hydrogens is 200 g/mol. The lowest BCUT2D eigenvalue weighted by molar-refractivity contribution is -0.124. The molecule has 0 aromatic rings. The van der Waals surface area contributed by atoms with E-state index in [0.717, 1.165) is 31.7 Å². The van der Waals surface area contributed by atoms with E-state index in [0.29, 0.717) is 6.54 Å². The minimum atomic E-state index is 0.118. The Kier molecular flexibility index (Phi) is 6.46. The van der Waals surface area contributed by atoms with Gasteiger partial charge in [0.05, 0.1) is 0 Å². The lowest BCUT2D eigenvalue weighted by atomic mass is 10.0. The average Bonchev–Trinajstić information content (AvgIpc) is 2.78. The third-order valence-corrected chi connectivity index (χ3v) is 3.62. The molecule has 3 heteroatoms. The third kappa shape index (κ3) is 4.97. The van der Waals surface area contributed by atoms with Gasteiger partial charge in [-0.25, -0.2) is 0 Å². The Morgan fingerprint density at radius 3 is 2.75 bits per heavy atom. The largest absolute Gasteiger partial charge is 0.356 e. The van der Waals surface area contributed by atoms with Crippen molar-refractivity contribution < 1.29 is 4.79 Å². The molecule has 1 rings (SSSR count). The van der Waals surface area contributed by atoms with E-state index in [1.165, 1.54) is 25.7 Å². The first-order valence-corrected chi connectivity index (χ1v) is 6.71. The van der Waals surface area contributed by atoms with Crippen molar-refractivity contribution in [3.63, 3.8) is 0 Å². The number of rotatable bonds is 7. The fraction of sp³-hybridized carbons (Fsp3) is 0.923. The Labute approximate surface area is 99.2 Å². The first kappa shape index (κ1) is 13.5. The number of amides is 1. The normalized spacial score (nSPS) is 18.6. The van der Waals surface area contributed by atoms with Gasteiger partial charge in [-0.2, -0.15) is 0 Å². The molecule has 0 spiro atoms. The topological polar surface area (TPSA) is 55.1 Å². The van der Waals surface area contributed by atoms with E-state index < -0.39 is 0 Å². The number of hydrogen-bond donors (Lipinski definition) is 2. The zero-order valence-corrected chi connectivity index (χ0v) is 10.5. The molecule has 1 unspecified atom stereocenters. The van der Waals surface area contributed by atoms with E-state index in [4.69, 9.17) is 5.73 Å². The third-order valence-electron chi connectivity index (χ3n) is 3.62. The molecule has 1 atom stereocenters. The lowest BCUT2D eigenvalue weighted by Gasteiger charge is -2.13. The summed E-state index contributed by atoms with van der Waals surface area (Å²) >= 11 is 0. The zero-order chi connectivity index (χ0) is 11.8. The molecule has 1 aliphatic rings. The van der Waals surface area contributed by atoms with Crippen LogP contribution in [-0.4, -0.2) is 19.0 Å². The van der Waals surface area contributed by atoms with E-state index in [9.17, 15) is 4.79 Å². The fourth-order valence-electron chi connectivity index (χ4n) is 2.43. The molecule has 16 heavy (non-hydrogen) atoms. The van der Waals surface area contributed by atoms with Gasteiger partial charge in [0, 0.05) is 12.5 Å². The van der Waals surface area contributed by atoms with Crippen molar-refractivity contribution in [2.45, 2.75) is 51.9 Å². The molecule has 94 valence electrons. The van der Waals surface area contributed by atoms with Crippen LogP contribution in [-0.2, 0) is 4.79 Å². The standard InChI is InChI=1S/C13H26N2O/c1-11(5-4-9-14)13(16)15-10-8-12-6-2-3-7-12/h11-12H,2-10,14H2,1H3,(H,15,16). The number of nitrogens with two attached hydrogens (primary N) is 1. The quantitative estimate of drug-likeness (QED) is 0.698. The summed E-state index contributed by atoms with van der Waals surface area (Å²) < 4.78 is 0. The van der Waals surface area contributed by atoms with Crippen LogP contribution >= 0.6 is 0 Å². The summed E-state index contributed by atoms with van der Waals surface area (Å²) in [4.78, 5) is 11.7. The van der Waals surface area contributed by atoms with Crippen molar-refractivity contribution in [1.29, 1.82) is 0 Å². The molecule has 0 radical (unpaired) electrons. The molecule has 1 fully saturated rings. The monoisotopic (exact) mass is 226 g/mol. The summed E-state index contributed by atoms with van der Waals surface area (Å²) in [5, 5.41) is 3.04. The number of hydrogen-bond acceptors (Lipinski definition) is 2. The van der Waals surface area contributed by atoms with Crippen LogP contribution in [0.2, 0.25) is 0 Å². The van der Waals surface area contributed by atoms with Gasteiger partial charge in [-0.05, 0) is 31.7 Å². The molecule has 0 saturated heterocycles. The highest BCUT2D eigenvalue weighted by Gasteiger charge is 2.16. The van der Waals surface area contributed by atoms with E-state index in [1.54, 1.807) is 0 Å². The van der Waals surface area contributed by atoms with Crippen molar-refractivity contribution in [2.75, 3.05) is 13.1 Å². The lowest BCUT2D eigenvalue weighted by Crippen LogP contribution is -2.31. The molecule has 0 aromatic heterocycles. The second-order valence-electron chi connectivity index (χ2n) is 5.06. The van der Waals surface area contributed by atoms with Gasteiger partial charge in [0.25, 0.3) is 0 Å². The van der Waals surface area contributed by atoms with Gasteiger partial charge in [0.2, 0.25) is 5.91 Å². The number of nitrogens with one attached hydrogen (secondary N) is 1. The Balaban J connectivity index is 2.04. The van der Waals surface area contributed by atoms with E-state index in [1.807, 2.05) is 6.92 Å². The molecule has 1 amide bonds. The van der Waals surface area contributed by atoms with Crippen LogP contribution in [0.15, 0.2) is 0 Å². The molecule has 3 nitrogen and oxygen atoms in total. The Bertz CT molecular complexity index is 200.